The fourth-order valence-corrected chi connectivity index (χ4v) is 2.74. The summed E-state index contributed by atoms with van der Waals surface area (Å²) in [5.74, 6) is -0.256. The van der Waals surface area contributed by atoms with Crippen molar-refractivity contribution in [3.05, 3.63) is 64.7 Å². The topological polar surface area (TPSA) is 82.0 Å². The SMILES string of the molecule is CC1(C)C(=O)Nc2ccc(CNC(=O)c3cccc(C#N)c3)cc21. The van der Waals surface area contributed by atoms with Crippen molar-refractivity contribution >= 4 is 17.5 Å². The molecule has 0 saturated carbocycles. The quantitative estimate of drug-likeness (QED) is 0.912. The summed E-state index contributed by atoms with van der Waals surface area (Å²) < 4.78 is 0. The van der Waals surface area contributed by atoms with Gasteiger partial charge in [-0.15, -0.1) is 0 Å². The van der Waals surface area contributed by atoms with Gasteiger partial charge in [0, 0.05) is 17.8 Å². The first-order valence-corrected chi connectivity index (χ1v) is 7.65. The van der Waals surface area contributed by atoms with E-state index in [1.165, 1.54) is 0 Å². The number of amides is 2. The number of rotatable bonds is 3. The lowest BCUT2D eigenvalue weighted by atomic mass is 9.85. The summed E-state index contributed by atoms with van der Waals surface area (Å²) in [5, 5.41) is 14.6. The van der Waals surface area contributed by atoms with Crippen LogP contribution in [0.3, 0.4) is 0 Å². The molecule has 1 aliphatic heterocycles. The zero-order valence-electron chi connectivity index (χ0n) is 13.5. The van der Waals surface area contributed by atoms with Gasteiger partial charge >= 0.3 is 0 Å². The standard InChI is InChI=1S/C19H17N3O2/c1-19(2)15-9-13(6-7-16(15)22-18(19)24)11-21-17(23)14-5-3-4-12(8-14)10-20/h3-9H,11H2,1-2H3,(H,21,23)(H,22,24). The highest BCUT2D eigenvalue weighted by Crippen LogP contribution is 2.37. The van der Waals surface area contributed by atoms with Crippen molar-refractivity contribution in [1.82, 2.24) is 5.32 Å². The third-order valence-electron chi connectivity index (χ3n) is 4.28. The fourth-order valence-electron chi connectivity index (χ4n) is 2.74. The molecule has 2 amide bonds. The van der Waals surface area contributed by atoms with Crippen LogP contribution < -0.4 is 10.6 Å². The number of fused-ring (bicyclic) bond motifs is 1. The summed E-state index contributed by atoms with van der Waals surface area (Å²) in [6.07, 6.45) is 0. The predicted molar refractivity (Wildman–Crippen MR) is 90.4 cm³/mol. The van der Waals surface area contributed by atoms with Crippen LogP contribution in [0.25, 0.3) is 0 Å². The summed E-state index contributed by atoms with van der Waals surface area (Å²) in [4.78, 5) is 24.2. The van der Waals surface area contributed by atoms with E-state index in [0.29, 0.717) is 17.7 Å². The van der Waals surface area contributed by atoms with E-state index in [1.54, 1.807) is 24.3 Å². The Kier molecular flexibility index (Phi) is 3.82. The Labute approximate surface area is 140 Å². The molecule has 0 fully saturated rings. The van der Waals surface area contributed by atoms with Crippen LogP contribution in [-0.4, -0.2) is 11.8 Å². The van der Waals surface area contributed by atoms with Crippen LogP contribution in [0.5, 0.6) is 0 Å². The number of nitrogens with zero attached hydrogens (tertiary/aromatic N) is 1. The lowest BCUT2D eigenvalue weighted by Gasteiger charge is -2.16. The van der Waals surface area contributed by atoms with Gasteiger partial charge in [-0.25, -0.2) is 0 Å². The Morgan fingerprint density at radius 1 is 1.25 bits per heavy atom. The average molecular weight is 319 g/mol. The number of carbonyl (C=O) groups excluding carboxylic acids is 2. The molecule has 1 aliphatic rings. The fraction of sp³-hybridized carbons (Fsp3) is 0.211. The van der Waals surface area contributed by atoms with E-state index in [2.05, 4.69) is 10.6 Å². The van der Waals surface area contributed by atoms with Crippen LogP contribution in [0.1, 0.15) is 40.9 Å². The zero-order valence-corrected chi connectivity index (χ0v) is 13.5. The Morgan fingerprint density at radius 2 is 2.04 bits per heavy atom. The summed E-state index contributed by atoms with van der Waals surface area (Å²) in [6, 6.07) is 14.3. The monoisotopic (exact) mass is 319 g/mol. The molecule has 0 spiro atoms. The molecule has 5 heteroatoms. The van der Waals surface area contributed by atoms with Crippen LogP contribution in [0.4, 0.5) is 5.69 Å². The molecule has 24 heavy (non-hydrogen) atoms. The summed E-state index contributed by atoms with van der Waals surface area (Å²) in [6.45, 7) is 4.11. The van der Waals surface area contributed by atoms with Crippen LogP contribution in [0, 0.1) is 11.3 Å². The maximum atomic E-state index is 12.2. The van der Waals surface area contributed by atoms with Crippen LogP contribution in [0.2, 0.25) is 0 Å². The molecule has 2 N–H and O–H groups in total. The molecule has 0 unspecified atom stereocenters. The van der Waals surface area contributed by atoms with E-state index in [0.717, 1.165) is 16.8 Å². The minimum atomic E-state index is -0.573. The molecule has 0 saturated heterocycles. The normalized spacial score (nSPS) is 14.5. The van der Waals surface area contributed by atoms with Crippen molar-refractivity contribution in [3.63, 3.8) is 0 Å². The van der Waals surface area contributed by atoms with Crippen molar-refractivity contribution in [2.45, 2.75) is 25.8 Å². The Bertz CT molecular complexity index is 878. The van der Waals surface area contributed by atoms with Gasteiger partial charge in [-0.1, -0.05) is 18.2 Å². The molecule has 0 atom stereocenters. The largest absolute Gasteiger partial charge is 0.348 e. The van der Waals surface area contributed by atoms with Gasteiger partial charge in [0.1, 0.15) is 0 Å². The number of benzene rings is 2. The minimum Gasteiger partial charge on any atom is -0.348 e. The molecular formula is C19H17N3O2. The molecule has 0 bridgehead atoms. The number of nitrogens with one attached hydrogen (secondary N) is 2. The van der Waals surface area contributed by atoms with E-state index in [1.807, 2.05) is 38.1 Å². The molecular weight excluding hydrogens is 302 g/mol. The summed E-state index contributed by atoms with van der Waals surface area (Å²) in [7, 11) is 0. The second-order valence-electron chi connectivity index (χ2n) is 6.33. The average Bonchev–Trinajstić information content (AvgIpc) is 2.82. The van der Waals surface area contributed by atoms with Crippen LogP contribution >= 0.6 is 0 Å². The Balaban J connectivity index is 1.74. The molecule has 1 heterocycles. The third kappa shape index (κ3) is 2.74. The second kappa shape index (κ2) is 5.82. The van der Waals surface area contributed by atoms with E-state index < -0.39 is 5.41 Å². The molecule has 120 valence electrons. The Hall–Kier alpha value is -3.13. The van der Waals surface area contributed by atoms with Crippen molar-refractivity contribution in [1.29, 1.82) is 5.26 Å². The predicted octanol–water partition coefficient (Wildman–Crippen LogP) is 2.72. The van der Waals surface area contributed by atoms with Gasteiger partial charge in [0.25, 0.3) is 5.91 Å². The number of hydrogen-bond donors (Lipinski definition) is 2. The van der Waals surface area contributed by atoms with Gasteiger partial charge in [0.15, 0.2) is 0 Å². The van der Waals surface area contributed by atoms with E-state index >= 15 is 0 Å². The van der Waals surface area contributed by atoms with Gasteiger partial charge in [-0.3, -0.25) is 9.59 Å². The molecule has 5 nitrogen and oxygen atoms in total. The molecule has 2 aromatic rings. The lowest BCUT2D eigenvalue weighted by molar-refractivity contribution is -0.119. The van der Waals surface area contributed by atoms with Crippen LogP contribution in [-0.2, 0) is 16.8 Å². The molecule has 0 aromatic heterocycles. The number of carbonyl (C=O) groups is 2. The second-order valence-corrected chi connectivity index (χ2v) is 6.33. The van der Waals surface area contributed by atoms with Crippen molar-refractivity contribution in [2.75, 3.05) is 5.32 Å². The highest BCUT2D eigenvalue weighted by Gasteiger charge is 2.38. The van der Waals surface area contributed by atoms with E-state index in [4.69, 9.17) is 5.26 Å². The van der Waals surface area contributed by atoms with Crippen molar-refractivity contribution in [3.8, 4) is 6.07 Å². The molecule has 2 aromatic carbocycles. The number of hydrogen-bond acceptors (Lipinski definition) is 3. The maximum absolute atomic E-state index is 12.2. The highest BCUT2D eigenvalue weighted by molar-refractivity contribution is 6.05. The van der Waals surface area contributed by atoms with Gasteiger partial charge in [0.05, 0.1) is 17.0 Å². The first-order valence-electron chi connectivity index (χ1n) is 7.65. The maximum Gasteiger partial charge on any atom is 0.251 e. The van der Waals surface area contributed by atoms with E-state index in [9.17, 15) is 9.59 Å². The first kappa shape index (κ1) is 15.8. The molecule has 3 rings (SSSR count). The van der Waals surface area contributed by atoms with Gasteiger partial charge in [-0.2, -0.15) is 5.26 Å². The number of anilines is 1. The van der Waals surface area contributed by atoms with Crippen molar-refractivity contribution in [2.24, 2.45) is 0 Å². The highest BCUT2D eigenvalue weighted by atomic mass is 16.2. The van der Waals surface area contributed by atoms with E-state index in [-0.39, 0.29) is 11.8 Å². The smallest absolute Gasteiger partial charge is 0.251 e. The zero-order chi connectivity index (χ0) is 17.3. The van der Waals surface area contributed by atoms with Gasteiger partial charge in [0.2, 0.25) is 5.91 Å². The van der Waals surface area contributed by atoms with Gasteiger partial charge in [-0.05, 0) is 49.2 Å². The number of nitriles is 1. The Morgan fingerprint density at radius 3 is 2.79 bits per heavy atom. The summed E-state index contributed by atoms with van der Waals surface area (Å²) >= 11 is 0. The summed E-state index contributed by atoms with van der Waals surface area (Å²) in [5.41, 5.74) is 3.01. The van der Waals surface area contributed by atoms with Gasteiger partial charge < -0.3 is 10.6 Å². The lowest BCUT2D eigenvalue weighted by Crippen LogP contribution is -2.27. The van der Waals surface area contributed by atoms with Crippen molar-refractivity contribution < 1.29 is 9.59 Å². The first-order chi connectivity index (χ1) is 11.4. The minimum absolute atomic E-state index is 0.0213. The van der Waals surface area contributed by atoms with Crippen LogP contribution in [0.15, 0.2) is 42.5 Å². The molecule has 0 radical (unpaired) electrons. The molecule has 0 aliphatic carbocycles. The third-order valence-corrected chi connectivity index (χ3v) is 4.28.